The van der Waals surface area contributed by atoms with Crippen molar-refractivity contribution in [1.29, 1.82) is 0 Å². The summed E-state index contributed by atoms with van der Waals surface area (Å²) in [6, 6.07) is 5.55. The molecule has 1 nitrogen and oxygen atoms in total. The maximum absolute atomic E-state index is 5.73. The molecule has 54 valence electrons. The molecule has 0 fully saturated rings. The summed E-state index contributed by atoms with van der Waals surface area (Å²) in [6.45, 7) is 1.97. The van der Waals surface area contributed by atoms with Crippen molar-refractivity contribution in [1.82, 2.24) is 0 Å². The molecule has 1 aromatic carbocycles. The zero-order valence-corrected chi connectivity index (χ0v) is 6.48. The lowest BCUT2D eigenvalue weighted by atomic mass is 10.2. The van der Waals surface area contributed by atoms with Crippen LogP contribution in [-0.2, 0) is 0 Å². The van der Waals surface area contributed by atoms with E-state index < -0.39 is 0 Å². The molecule has 0 atom stereocenters. The molecule has 1 aromatic rings. The summed E-state index contributed by atoms with van der Waals surface area (Å²) >= 11 is 5.73. The van der Waals surface area contributed by atoms with Gasteiger partial charge in [-0.15, -0.1) is 0 Å². The third-order valence-electron chi connectivity index (χ3n) is 1.24. The Morgan fingerprint density at radius 3 is 2.70 bits per heavy atom. The first kappa shape index (κ1) is 7.42. The van der Waals surface area contributed by atoms with Crippen LogP contribution in [0.5, 0.6) is 5.75 Å². The van der Waals surface area contributed by atoms with E-state index in [1.807, 2.05) is 19.1 Å². The van der Waals surface area contributed by atoms with Crippen molar-refractivity contribution >= 4 is 11.6 Å². The molecule has 1 rings (SSSR count). The molecule has 0 saturated heterocycles. The number of hydrogen-bond acceptors (Lipinski definition) is 1. The van der Waals surface area contributed by atoms with Crippen LogP contribution in [0.25, 0.3) is 0 Å². The third-order valence-corrected chi connectivity index (χ3v) is 1.55. The van der Waals surface area contributed by atoms with Gasteiger partial charge in [-0.2, -0.15) is 7.11 Å². The van der Waals surface area contributed by atoms with Crippen molar-refractivity contribution in [2.24, 2.45) is 0 Å². The van der Waals surface area contributed by atoms with Gasteiger partial charge < -0.3 is 4.74 Å². The van der Waals surface area contributed by atoms with Crippen molar-refractivity contribution in [2.75, 3.05) is 0 Å². The average Bonchev–Trinajstić information content (AvgIpc) is 1.94. The lowest BCUT2D eigenvalue weighted by Gasteiger charge is -2.08. The van der Waals surface area contributed by atoms with Gasteiger partial charge in [0.1, 0.15) is 5.75 Å². The van der Waals surface area contributed by atoms with Gasteiger partial charge in [-0.1, -0.05) is 17.7 Å². The Morgan fingerprint density at radius 1 is 1.50 bits per heavy atom. The highest BCUT2D eigenvalue weighted by Gasteiger charge is 1.94. The zero-order chi connectivity index (χ0) is 7.56. The number of ether oxygens (including phenoxy) is 1. The van der Waals surface area contributed by atoms with Gasteiger partial charge in [-0.05, 0) is 24.6 Å². The summed E-state index contributed by atoms with van der Waals surface area (Å²) < 4.78 is 4.74. The highest BCUT2D eigenvalue weighted by Crippen LogP contribution is 2.24. The summed E-state index contributed by atoms with van der Waals surface area (Å²) in [7, 11) is 3.27. The topological polar surface area (TPSA) is 9.23 Å². The van der Waals surface area contributed by atoms with Crippen LogP contribution >= 0.6 is 11.6 Å². The molecule has 0 unspecified atom stereocenters. The fourth-order valence-electron chi connectivity index (χ4n) is 0.721. The molecule has 0 heterocycles. The summed E-state index contributed by atoms with van der Waals surface area (Å²) in [4.78, 5) is 0. The third kappa shape index (κ3) is 1.42. The largest absolute Gasteiger partial charge is 0.664 e. The maximum atomic E-state index is 5.73. The summed E-state index contributed by atoms with van der Waals surface area (Å²) in [5.74, 6) is 0.627. The zero-order valence-electron chi connectivity index (χ0n) is 5.73. The first-order chi connectivity index (χ1) is 4.74. The van der Waals surface area contributed by atoms with Crippen LogP contribution in [0.2, 0.25) is 5.02 Å². The standard InChI is InChI=1S/C8H8ClO/c1-6-3-4-7(9)8(5-6)10-2/h3-5H,2H2,1H3/q-1. The highest BCUT2D eigenvalue weighted by atomic mass is 35.5. The number of hydrogen-bond donors (Lipinski definition) is 0. The van der Waals surface area contributed by atoms with E-state index in [4.69, 9.17) is 16.3 Å². The number of halogens is 1. The summed E-state index contributed by atoms with van der Waals surface area (Å²) in [6.07, 6.45) is 0. The SMILES string of the molecule is [CH2-]Oc1cc(C)ccc1Cl. The molecule has 0 aromatic heterocycles. The van der Waals surface area contributed by atoms with Crippen molar-refractivity contribution in [3.63, 3.8) is 0 Å². The molecule has 0 spiro atoms. The Kier molecular flexibility index (Phi) is 2.17. The maximum Gasteiger partial charge on any atom is 0.104 e. The molecular formula is C8H8ClO-. The predicted molar refractivity (Wildman–Crippen MR) is 42.2 cm³/mol. The fourth-order valence-corrected chi connectivity index (χ4v) is 0.893. The quantitative estimate of drug-likeness (QED) is 0.567. The van der Waals surface area contributed by atoms with Crippen molar-refractivity contribution in [3.8, 4) is 5.75 Å². The molecule has 10 heavy (non-hydrogen) atoms. The smallest absolute Gasteiger partial charge is 0.104 e. The second kappa shape index (κ2) is 2.93. The minimum absolute atomic E-state index is 0.598. The average molecular weight is 156 g/mol. The van der Waals surface area contributed by atoms with Crippen molar-refractivity contribution < 1.29 is 4.74 Å². The van der Waals surface area contributed by atoms with E-state index in [9.17, 15) is 0 Å². The molecule has 0 N–H and O–H groups in total. The Balaban J connectivity index is 3.09. The van der Waals surface area contributed by atoms with Gasteiger partial charge in [-0.3, -0.25) is 0 Å². The normalized spacial score (nSPS) is 9.50. The van der Waals surface area contributed by atoms with E-state index in [2.05, 4.69) is 7.11 Å². The fraction of sp³-hybridized carbons (Fsp3) is 0.125. The van der Waals surface area contributed by atoms with Gasteiger partial charge in [0.15, 0.2) is 0 Å². The number of benzene rings is 1. The molecule has 0 aliphatic rings. The molecule has 0 aliphatic carbocycles. The van der Waals surface area contributed by atoms with Crippen LogP contribution in [0.4, 0.5) is 0 Å². The molecule has 0 saturated carbocycles. The molecule has 0 amide bonds. The van der Waals surface area contributed by atoms with E-state index in [0.717, 1.165) is 5.56 Å². The number of aryl methyl sites for hydroxylation is 1. The molecular weight excluding hydrogens is 148 g/mol. The van der Waals surface area contributed by atoms with Crippen molar-refractivity contribution in [3.05, 3.63) is 35.9 Å². The van der Waals surface area contributed by atoms with Crippen LogP contribution in [0.1, 0.15) is 5.56 Å². The van der Waals surface area contributed by atoms with Crippen LogP contribution in [-0.4, -0.2) is 0 Å². The first-order valence-electron chi connectivity index (χ1n) is 2.92. The lowest BCUT2D eigenvalue weighted by molar-refractivity contribution is 0.473. The second-order valence-corrected chi connectivity index (χ2v) is 2.49. The monoisotopic (exact) mass is 155 g/mol. The minimum atomic E-state index is 0.598. The van der Waals surface area contributed by atoms with E-state index >= 15 is 0 Å². The Hall–Kier alpha value is -0.690. The summed E-state index contributed by atoms with van der Waals surface area (Å²) in [5, 5.41) is 0.598. The number of rotatable bonds is 1. The van der Waals surface area contributed by atoms with Gasteiger partial charge in [0.25, 0.3) is 0 Å². The Bertz CT molecular complexity index is 233. The van der Waals surface area contributed by atoms with Gasteiger partial charge in [0, 0.05) is 0 Å². The van der Waals surface area contributed by atoms with E-state index in [0.29, 0.717) is 10.8 Å². The van der Waals surface area contributed by atoms with Gasteiger partial charge in [-0.25, -0.2) is 0 Å². The highest BCUT2D eigenvalue weighted by molar-refractivity contribution is 6.32. The second-order valence-electron chi connectivity index (χ2n) is 2.08. The van der Waals surface area contributed by atoms with Crippen LogP contribution < -0.4 is 4.74 Å². The lowest BCUT2D eigenvalue weighted by Crippen LogP contribution is -1.81. The Morgan fingerprint density at radius 2 is 2.20 bits per heavy atom. The molecule has 2 heteroatoms. The van der Waals surface area contributed by atoms with Crippen LogP contribution in [0.15, 0.2) is 18.2 Å². The van der Waals surface area contributed by atoms with Crippen molar-refractivity contribution in [2.45, 2.75) is 6.92 Å². The van der Waals surface area contributed by atoms with Crippen LogP contribution in [0.3, 0.4) is 0 Å². The van der Waals surface area contributed by atoms with Gasteiger partial charge in [0.05, 0.1) is 5.02 Å². The molecule has 0 bridgehead atoms. The van der Waals surface area contributed by atoms with Gasteiger partial charge >= 0.3 is 0 Å². The van der Waals surface area contributed by atoms with Gasteiger partial charge in [0.2, 0.25) is 0 Å². The summed E-state index contributed by atoms with van der Waals surface area (Å²) in [5.41, 5.74) is 1.11. The van der Waals surface area contributed by atoms with E-state index in [-0.39, 0.29) is 0 Å². The molecule has 0 aliphatic heterocycles. The Labute approximate surface area is 65.6 Å². The first-order valence-corrected chi connectivity index (χ1v) is 3.30. The predicted octanol–water partition coefficient (Wildman–Crippen LogP) is 2.82. The minimum Gasteiger partial charge on any atom is -0.664 e. The molecule has 0 radical (unpaired) electrons. The van der Waals surface area contributed by atoms with E-state index in [1.54, 1.807) is 6.07 Å². The van der Waals surface area contributed by atoms with Crippen LogP contribution in [0, 0.1) is 14.0 Å². The van der Waals surface area contributed by atoms with E-state index in [1.165, 1.54) is 0 Å².